The van der Waals surface area contributed by atoms with E-state index in [0.29, 0.717) is 0 Å². The van der Waals surface area contributed by atoms with E-state index in [9.17, 15) is 13.2 Å². The number of alkyl halides is 3. The van der Waals surface area contributed by atoms with E-state index in [1.54, 1.807) is 0 Å². The van der Waals surface area contributed by atoms with Crippen LogP contribution in [0.15, 0.2) is 0 Å². The lowest BCUT2D eigenvalue weighted by Crippen LogP contribution is -2.32. The van der Waals surface area contributed by atoms with E-state index in [0.717, 1.165) is 5.01 Å². The Morgan fingerprint density at radius 2 is 2.00 bits per heavy atom. The molecule has 3 nitrogen and oxygen atoms in total. The van der Waals surface area contributed by atoms with Gasteiger partial charge in [-0.05, 0) is 0 Å². The van der Waals surface area contributed by atoms with Gasteiger partial charge >= 0.3 is 6.18 Å². The third-order valence-corrected chi connectivity index (χ3v) is 2.12. The number of nitrogens with zero attached hydrogens (tertiary/aromatic N) is 1. The van der Waals surface area contributed by atoms with Crippen molar-refractivity contribution in [1.29, 1.82) is 0 Å². The van der Waals surface area contributed by atoms with E-state index in [2.05, 4.69) is 0 Å². The van der Waals surface area contributed by atoms with E-state index < -0.39 is 24.6 Å². The molecule has 1 aliphatic heterocycles. The SMILES string of the molecule is NN1C[C@H](CO)[C@@H](C(F)(F)F)C1. The zero-order valence-electron chi connectivity index (χ0n) is 6.38. The highest BCUT2D eigenvalue weighted by molar-refractivity contribution is 4.85. The smallest absolute Gasteiger partial charge is 0.393 e. The molecular weight excluding hydrogens is 173 g/mol. The normalized spacial score (nSPS) is 32.8. The Labute approximate surface area is 67.9 Å². The van der Waals surface area contributed by atoms with Crippen LogP contribution in [0.4, 0.5) is 13.2 Å². The van der Waals surface area contributed by atoms with Crippen molar-refractivity contribution >= 4 is 0 Å². The molecule has 2 atom stereocenters. The minimum absolute atomic E-state index is 0.112. The Bertz CT molecular complexity index is 161. The summed E-state index contributed by atoms with van der Waals surface area (Å²) in [6.45, 7) is -0.562. The molecule has 1 fully saturated rings. The van der Waals surface area contributed by atoms with Gasteiger partial charge in [0.25, 0.3) is 0 Å². The second-order valence-electron chi connectivity index (χ2n) is 3.04. The van der Waals surface area contributed by atoms with Crippen LogP contribution in [-0.4, -0.2) is 36.0 Å². The molecule has 6 heteroatoms. The molecule has 0 aromatic rings. The molecule has 0 saturated carbocycles. The fourth-order valence-electron chi connectivity index (χ4n) is 1.46. The number of hydrazine groups is 1. The van der Waals surface area contributed by atoms with Crippen LogP contribution in [-0.2, 0) is 0 Å². The van der Waals surface area contributed by atoms with E-state index in [1.165, 1.54) is 0 Å². The number of aliphatic hydroxyl groups is 1. The van der Waals surface area contributed by atoms with E-state index in [-0.39, 0.29) is 13.1 Å². The average Bonchev–Trinajstić information content (AvgIpc) is 2.29. The van der Waals surface area contributed by atoms with Gasteiger partial charge in [0.15, 0.2) is 0 Å². The maximum atomic E-state index is 12.2. The van der Waals surface area contributed by atoms with Crippen LogP contribution >= 0.6 is 0 Å². The van der Waals surface area contributed by atoms with Crippen LogP contribution in [0.25, 0.3) is 0 Å². The largest absolute Gasteiger partial charge is 0.396 e. The molecule has 1 rings (SSSR count). The van der Waals surface area contributed by atoms with Gasteiger partial charge in [-0.3, -0.25) is 5.84 Å². The Kier molecular flexibility index (Phi) is 2.60. The molecule has 0 aromatic carbocycles. The summed E-state index contributed by atoms with van der Waals surface area (Å²) in [5.74, 6) is 2.96. The zero-order chi connectivity index (χ0) is 9.35. The van der Waals surface area contributed by atoms with Gasteiger partial charge in [0.1, 0.15) is 0 Å². The van der Waals surface area contributed by atoms with Crippen molar-refractivity contribution in [1.82, 2.24) is 5.01 Å². The highest BCUT2D eigenvalue weighted by Crippen LogP contribution is 2.36. The molecular formula is C6H11F3N2O. The van der Waals surface area contributed by atoms with Crippen molar-refractivity contribution < 1.29 is 18.3 Å². The summed E-state index contributed by atoms with van der Waals surface area (Å²) in [5, 5.41) is 9.73. The molecule has 0 aliphatic carbocycles. The molecule has 0 spiro atoms. The fraction of sp³-hybridized carbons (Fsp3) is 1.00. The van der Waals surface area contributed by atoms with Gasteiger partial charge in [0.05, 0.1) is 5.92 Å². The van der Waals surface area contributed by atoms with Crippen molar-refractivity contribution in [2.45, 2.75) is 6.18 Å². The van der Waals surface area contributed by atoms with Gasteiger partial charge in [-0.2, -0.15) is 13.2 Å². The molecule has 0 bridgehead atoms. The maximum absolute atomic E-state index is 12.2. The second kappa shape index (κ2) is 3.20. The number of hydrogen-bond donors (Lipinski definition) is 2. The minimum Gasteiger partial charge on any atom is -0.396 e. The lowest BCUT2D eigenvalue weighted by molar-refractivity contribution is -0.183. The maximum Gasteiger partial charge on any atom is 0.393 e. The van der Waals surface area contributed by atoms with E-state index >= 15 is 0 Å². The highest BCUT2D eigenvalue weighted by Gasteiger charge is 2.48. The summed E-state index contributed by atoms with van der Waals surface area (Å²) < 4.78 is 36.5. The molecule has 0 unspecified atom stereocenters. The third kappa shape index (κ3) is 1.88. The highest BCUT2D eigenvalue weighted by atomic mass is 19.4. The number of rotatable bonds is 1. The molecule has 0 radical (unpaired) electrons. The first-order valence-corrected chi connectivity index (χ1v) is 3.62. The number of hydrogen-bond acceptors (Lipinski definition) is 3. The first-order valence-electron chi connectivity index (χ1n) is 3.62. The fourth-order valence-corrected chi connectivity index (χ4v) is 1.46. The van der Waals surface area contributed by atoms with E-state index in [1.807, 2.05) is 0 Å². The van der Waals surface area contributed by atoms with Gasteiger partial charge in [-0.1, -0.05) is 0 Å². The van der Waals surface area contributed by atoms with E-state index in [4.69, 9.17) is 10.9 Å². The molecule has 72 valence electrons. The Morgan fingerprint density at radius 3 is 2.33 bits per heavy atom. The molecule has 3 N–H and O–H groups in total. The topological polar surface area (TPSA) is 49.5 Å². The average molecular weight is 184 g/mol. The number of halogens is 3. The number of nitrogens with two attached hydrogens (primary N) is 1. The minimum atomic E-state index is -4.25. The summed E-state index contributed by atoms with van der Waals surface area (Å²) >= 11 is 0. The Morgan fingerprint density at radius 1 is 1.42 bits per heavy atom. The first-order chi connectivity index (χ1) is 5.45. The lowest BCUT2D eigenvalue weighted by Gasteiger charge is -2.18. The monoisotopic (exact) mass is 184 g/mol. The lowest BCUT2D eigenvalue weighted by atomic mass is 9.97. The quantitative estimate of drug-likeness (QED) is 0.562. The van der Waals surface area contributed by atoms with Crippen LogP contribution in [0.2, 0.25) is 0 Å². The molecule has 1 heterocycles. The summed E-state index contributed by atoms with van der Waals surface area (Å²) in [5.41, 5.74) is 0. The first kappa shape index (κ1) is 9.76. The van der Waals surface area contributed by atoms with Gasteiger partial charge in [-0.15, -0.1) is 0 Å². The van der Waals surface area contributed by atoms with Gasteiger partial charge in [0, 0.05) is 25.6 Å². The Hall–Kier alpha value is -0.330. The second-order valence-corrected chi connectivity index (χ2v) is 3.04. The third-order valence-electron chi connectivity index (χ3n) is 2.12. The van der Waals surface area contributed by atoms with Crippen LogP contribution in [0.3, 0.4) is 0 Å². The molecule has 12 heavy (non-hydrogen) atoms. The van der Waals surface area contributed by atoms with Crippen LogP contribution in [0.5, 0.6) is 0 Å². The van der Waals surface area contributed by atoms with Gasteiger partial charge in [-0.25, -0.2) is 5.01 Å². The summed E-state index contributed by atoms with van der Waals surface area (Å²) in [7, 11) is 0. The van der Waals surface area contributed by atoms with Crippen LogP contribution < -0.4 is 5.84 Å². The zero-order valence-corrected chi connectivity index (χ0v) is 6.38. The van der Waals surface area contributed by atoms with Gasteiger partial charge in [0.2, 0.25) is 0 Å². The predicted molar refractivity (Wildman–Crippen MR) is 35.9 cm³/mol. The summed E-state index contributed by atoms with van der Waals surface area (Å²) in [6.07, 6.45) is -4.25. The predicted octanol–water partition coefficient (Wildman–Crippen LogP) is -0.0373. The van der Waals surface area contributed by atoms with Crippen LogP contribution in [0.1, 0.15) is 0 Å². The summed E-state index contributed by atoms with van der Waals surface area (Å²) in [6, 6.07) is 0. The van der Waals surface area contributed by atoms with Crippen molar-refractivity contribution in [2.24, 2.45) is 17.7 Å². The van der Waals surface area contributed by atoms with Crippen molar-refractivity contribution in [3.63, 3.8) is 0 Å². The van der Waals surface area contributed by atoms with Gasteiger partial charge < -0.3 is 5.11 Å². The standard InChI is InChI=1S/C6H11F3N2O/c7-6(8,9)5-2-11(10)1-4(5)3-12/h4-5,12H,1-3,10H2/t4-,5+/m1/s1. The molecule has 1 aliphatic rings. The molecule has 0 aromatic heterocycles. The van der Waals surface area contributed by atoms with Crippen molar-refractivity contribution in [3.8, 4) is 0 Å². The van der Waals surface area contributed by atoms with Crippen LogP contribution in [0, 0.1) is 11.8 Å². The summed E-state index contributed by atoms with van der Waals surface area (Å²) in [4.78, 5) is 0. The van der Waals surface area contributed by atoms with Crippen molar-refractivity contribution in [2.75, 3.05) is 19.7 Å². The Balaban J connectivity index is 2.64. The molecule has 1 saturated heterocycles. The molecule has 0 amide bonds. The van der Waals surface area contributed by atoms with Crippen molar-refractivity contribution in [3.05, 3.63) is 0 Å². The number of aliphatic hydroxyl groups excluding tert-OH is 1.